The van der Waals surface area contributed by atoms with E-state index in [1.807, 2.05) is 0 Å². The third kappa shape index (κ3) is 4.05. The first-order valence-electron chi connectivity index (χ1n) is 6.17. The lowest BCUT2D eigenvalue weighted by molar-refractivity contribution is -0.384. The number of nitrogens with zero attached hydrogens (tertiary/aromatic N) is 1. The standard InChI is InChI=1S/C12H16ClN3O3/c13-11-7-10(16(17)18)1-2-12(11)19-6-3-9-8-14-4-5-15-9/h1-2,7,9,14-15H,3-6,8H2. The predicted octanol–water partition coefficient (Wildman–Crippen LogP) is 1.58. The Bertz CT molecular complexity index is 450. The van der Waals surface area contributed by atoms with Gasteiger partial charge in [-0.15, -0.1) is 0 Å². The van der Waals surface area contributed by atoms with Crippen molar-refractivity contribution in [3.8, 4) is 5.75 Å². The Morgan fingerprint density at radius 2 is 2.32 bits per heavy atom. The van der Waals surface area contributed by atoms with Crippen LogP contribution in [0.1, 0.15) is 6.42 Å². The fourth-order valence-electron chi connectivity index (χ4n) is 1.95. The molecule has 0 saturated carbocycles. The van der Waals surface area contributed by atoms with Crippen molar-refractivity contribution < 1.29 is 9.66 Å². The van der Waals surface area contributed by atoms with Crippen LogP contribution in [0, 0.1) is 10.1 Å². The Kier molecular flexibility index (Phi) is 4.95. The molecular formula is C12H16ClN3O3. The highest BCUT2D eigenvalue weighted by molar-refractivity contribution is 6.32. The second-order valence-electron chi connectivity index (χ2n) is 4.36. The molecule has 1 aromatic carbocycles. The van der Waals surface area contributed by atoms with Crippen LogP contribution in [-0.2, 0) is 0 Å². The van der Waals surface area contributed by atoms with Crippen LogP contribution in [0.2, 0.25) is 5.02 Å². The van der Waals surface area contributed by atoms with E-state index in [0.29, 0.717) is 18.4 Å². The van der Waals surface area contributed by atoms with E-state index in [0.717, 1.165) is 26.1 Å². The fraction of sp³-hybridized carbons (Fsp3) is 0.500. The van der Waals surface area contributed by atoms with Crippen LogP contribution in [0.5, 0.6) is 5.75 Å². The minimum Gasteiger partial charge on any atom is -0.492 e. The number of hydrogen-bond donors (Lipinski definition) is 2. The van der Waals surface area contributed by atoms with E-state index in [-0.39, 0.29) is 10.7 Å². The summed E-state index contributed by atoms with van der Waals surface area (Å²) in [5, 5.41) is 17.5. The van der Waals surface area contributed by atoms with Crippen molar-refractivity contribution >= 4 is 17.3 Å². The van der Waals surface area contributed by atoms with Crippen molar-refractivity contribution in [3.63, 3.8) is 0 Å². The highest BCUT2D eigenvalue weighted by Gasteiger charge is 2.13. The van der Waals surface area contributed by atoms with Gasteiger partial charge in [0.15, 0.2) is 0 Å². The molecular weight excluding hydrogens is 270 g/mol. The Morgan fingerprint density at radius 1 is 1.47 bits per heavy atom. The number of halogens is 1. The average Bonchev–Trinajstić information content (AvgIpc) is 2.41. The third-order valence-electron chi connectivity index (χ3n) is 2.98. The van der Waals surface area contributed by atoms with Gasteiger partial charge in [-0.3, -0.25) is 10.1 Å². The number of nitro groups is 1. The fourth-order valence-corrected chi connectivity index (χ4v) is 2.18. The second kappa shape index (κ2) is 6.70. The highest BCUT2D eigenvalue weighted by atomic mass is 35.5. The molecule has 1 heterocycles. The highest BCUT2D eigenvalue weighted by Crippen LogP contribution is 2.28. The molecule has 1 aliphatic rings. The first-order valence-corrected chi connectivity index (χ1v) is 6.55. The van der Waals surface area contributed by atoms with E-state index >= 15 is 0 Å². The van der Waals surface area contributed by atoms with Crippen LogP contribution in [0.15, 0.2) is 18.2 Å². The molecule has 2 rings (SSSR count). The first kappa shape index (κ1) is 14.0. The maximum atomic E-state index is 10.6. The van der Waals surface area contributed by atoms with E-state index in [9.17, 15) is 10.1 Å². The molecule has 0 aliphatic carbocycles. The lowest BCUT2D eigenvalue weighted by Crippen LogP contribution is -2.48. The number of piperazine rings is 1. The van der Waals surface area contributed by atoms with E-state index < -0.39 is 4.92 Å². The minimum absolute atomic E-state index is 0.0319. The van der Waals surface area contributed by atoms with Gasteiger partial charge < -0.3 is 15.4 Å². The average molecular weight is 286 g/mol. The molecule has 0 bridgehead atoms. The summed E-state index contributed by atoms with van der Waals surface area (Å²) in [6, 6.07) is 4.62. The normalized spacial score (nSPS) is 19.1. The Hall–Kier alpha value is -1.37. The number of benzene rings is 1. The van der Waals surface area contributed by atoms with E-state index in [2.05, 4.69) is 10.6 Å². The van der Waals surface area contributed by atoms with Gasteiger partial charge in [0.05, 0.1) is 16.6 Å². The molecule has 0 radical (unpaired) electrons. The van der Waals surface area contributed by atoms with Crippen molar-refractivity contribution in [1.82, 2.24) is 10.6 Å². The smallest absolute Gasteiger partial charge is 0.271 e. The van der Waals surface area contributed by atoms with Gasteiger partial charge in [0, 0.05) is 37.8 Å². The van der Waals surface area contributed by atoms with Gasteiger partial charge in [-0.05, 0) is 12.5 Å². The van der Waals surface area contributed by atoms with Crippen LogP contribution < -0.4 is 15.4 Å². The summed E-state index contributed by atoms with van der Waals surface area (Å²) < 4.78 is 5.55. The third-order valence-corrected chi connectivity index (χ3v) is 3.27. The Morgan fingerprint density at radius 3 is 2.95 bits per heavy atom. The van der Waals surface area contributed by atoms with Crippen LogP contribution in [0.25, 0.3) is 0 Å². The SMILES string of the molecule is O=[N+]([O-])c1ccc(OCCC2CNCCN2)c(Cl)c1. The van der Waals surface area contributed by atoms with E-state index in [1.165, 1.54) is 18.2 Å². The summed E-state index contributed by atoms with van der Waals surface area (Å²) in [7, 11) is 0. The van der Waals surface area contributed by atoms with Crippen molar-refractivity contribution in [2.24, 2.45) is 0 Å². The summed E-state index contributed by atoms with van der Waals surface area (Å²) in [5.74, 6) is 0.482. The predicted molar refractivity (Wildman–Crippen MR) is 72.9 cm³/mol. The van der Waals surface area contributed by atoms with Crippen LogP contribution in [-0.4, -0.2) is 37.2 Å². The monoisotopic (exact) mass is 285 g/mol. The second-order valence-corrected chi connectivity index (χ2v) is 4.77. The maximum absolute atomic E-state index is 10.6. The quantitative estimate of drug-likeness (QED) is 0.634. The topological polar surface area (TPSA) is 76.4 Å². The number of rotatable bonds is 5. The summed E-state index contributed by atoms with van der Waals surface area (Å²) in [5.41, 5.74) is -0.0319. The minimum atomic E-state index is -0.479. The number of nitro benzene ring substituents is 1. The first-order chi connectivity index (χ1) is 9.16. The van der Waals surface area contributed by atoms with Gasteiger partial charge in [-0.1, -0.05) is 11.6 Å². The zero-order valence-electron chi connectivity index (χ0n) is 10.4. The molecule has 1 aliphatic heterocycles. The zero-order valence-corrected chi connectivity index (χ0v) is 11.2. The molecule has 7 heteroatoms. The van der Waals surface area contributed by atoms with Crippen molar-refractivity contribution in [1.29, 1.82) is 0 Å². The van der Waals surface area contributed by atoms with Gasteiger partial charge in [0.2, 0.25) is 0 Å². The molecule has 2 N–H and O–H groups in total. The summed E-state index contributed by atoms with van der Waals surface area (Å²) in [6.45, 7) is 3.41. The maximum Gasteiger partial charge on any atom is 0.271 e. The van der Waals surface area contributed by atoms with Crippen LogP contribution >= 0.6 is 11.6 Å². The zero-order chi connectivity index (χ0) is 13.7. The number of non-ortho nitro benzene ring substituents is 1. The van der Waals surface area contributed by atoms with Gasteiger partial charge in [0.25, 0.3) is 5.69 Å². The number of hydrogen-bond acceptors (Lipinski definition) is 5. The molecule has 1 aromatic rings. The van der Waals surface area contributed by atoms with Crippen LogP contribution in [0.4, 0.5) is 5.69 Å². The van der Waals surface area contributed by atoms with Crippen molar-refractivity contribution in [3.05, 3.63) is 33.3 Å². The molecule has 0 spiro atoms. The number of nitrogens with one attached hydrogen (secondary N) is 2. The molecule has 1 unspecified atom stereocenters. The molecule has 0 aromatic heterocycles. The molecule has 19 heavy (non-hydrogen) atoms. The molecule has 1 atom stereocenters. The summed E-state index contributed by atoms with van der Waals surface area (Å²) in [6.07, 6.45) is 0.861. The number of ether oxygens (including phenoxy) is 1. The molecule has 6 nitrogen and oxygen atoms in total. The summed E-state index contributed by atoms with van der Waals surface area (Å²) >= 11 is 5.94. The largest absolute Gasteiger partial charge is 0.492 e. The van der Waals surface area contributed by atoms with Crippen LogP contribution in [0.3, 0.4) is 0 Å². The summed E-state index contributed by atoms with van der Waals surface area (Å²) in [4.78, 5) is 10.1. The van der Waals surface area contributed by atoms with E-state index in [4.69, 9.17) is 16.3 Å². The van der Waals surface area contributed by atoms with Gasteiger partial charge >= 0.3 is 0 Å². The Balaban J connectivity index is 1.83. The molecule has 0 amide bonds. The van der Waals surface area contributed by atoms with Gasteiger partial charge in [0.1, 0.15) is 5.75 Å². The van der Waals surface area contributed by atoms with Gasteiger partial charge in [-0.25, -0.2) is 0 Å². The molecule has 104 valence electrons. The Labute approximate surface area is 116 Å². The van der Waals surface area contributed by atoms with Crippen molar-refractivity contribution in [2.75, 3.05) is 26.2 Å². The van der Waals surface area contributed by atoms with E-state index in [1.54, 1.807) is 0 Å². The lowest BCUT2D eigenvalue weighted by atomic mass is 10.2. The van der Waals surface area contributed by atoms with Crippen molar-refractivity contribution in [2.45, 2.75) is 12.5 Å². The molecule has 1 fully saturated rings. The molecule has 1 saturated heterocycles. The lowest BCUT2D eigenvalue weighted by Gasteiger charge is -2.24. The van der Waals surface area contributed by atoms with Gasteiger partial charge in [-0.2, -0.15) is 0 Å².